The van der Waals surface area contributed by atoms with Gasteiger partial charge in [0.05, 0.1) is 5.38 Å². The number of rotatable bonds is 4. The van der Waals surface area contributed by atoms with Crippen LogP contribution in [-0.2, 0) is 6.42 Å². The van der Waals surface area contributed by atoms with Crippen LogP contribution in [-0.4, -0.2) is 5.91 Å². The molecule has 2 aromatic carbocycles. The summed E-state index contributed by atoms with van der Waals surface area (Å²) in [6, 6.07) is 15.3. The summed E-state index contributed by atoms with van der Waals surface area (Å²) >= 11 is 6.15. The third kappa shape index (κ3) is 3.20. The third-order valence-corrected chi connectivity index (χ3v) is 3.52. The average Bonchev–Trinajstić information content (AvgIpc) is 2.47. The van der Waals surface area contributed by atoms with Crippen LogP contribution in [0.15, 0.2) is 48.5 Å². The molecule has 1 unspecified atom stereocenters. The molecule has 3 heteroatoms. The lowest BCUT2D eigenvalue weighted by Gasteiger charge is -2.13. The zero-order chi connectivity index (χ0) is 14.5. The van der Waals surface area contributed by atoms with Crippen LogP contribution in [0.4, 0.5) is 5.69 Å². The minimum absolute atomic E-state index is 0.0905. The monoisotopic (exact) mass is 287 g/mol. The highest BCUT2D eigenvalue weighted by Crippen LogP contribution is 2.27. The van der Waals surface area contributed by atoms with Crippen LogP contribution in [0.2, 0.25) is 0 Å². The summed E-state index contributed by atoms with van der Waals surface area (Å²) in [6.07, 6.45) is 0.831. The van der Waals surface area contributed by atoms with Crippen LogP contribution < -0.4 is 5.32 Å². The van der Waals surface area contributed by atoms with Gasteiger partial charge in [-0.25, -0.2) is 0 Å². The first-order valence-electron chi connectivity index (χ1n) is 6.75. The van der Waals surface area contributed by atoms with Crippen molar-refractivity contribution in [1.29, 1.82) is 0 Å². The molecule has 2 rings (SSSR count). The standard InChI is InChI=1S/C17H18ClNO/c1-3-13-8-4-5-10-15(13)17(20)19-16-11-7-6-9-14(16)12(2)18/h4-12H,3H2,1-2H3,(H,19,20). The Kier molecular flexibility index (Phi) is 4.80. The van der Waals surface area contributed by atoms with Crippen molar-refractivity contribution in [3.05, 3.63) is 65.2 Å². The summed E-state index contributed by atoms with van der Waals surface area (Å²) in [5, 5.41) is 2.81. The van der Waals surface area contributed by atoms with E-state index in [1.165, 1.54) is 0 Å². The van der Waals surface area contributed by atoms with E-state index in [2.05, 4.69) is 5.32 Å². The Morgan fingerprint density at radius 2 is 1.80 bits per heavy atom. The summed E-state index contributed by atoms with van der Waals surface area (Å²) in [5.74, 6) is -0.0905. The van der Waals surface area contributed by atoms with E-state index in [0.717, 1.165) is 23.2 Å². The highest BCUT2D eigenvalue weighted by atomic mass is 35.5. The number of amides is 1. The van der Waals surface area contributed by atoms with E-state index in [1.807, 2.05) is 62.4 Å². The number of carbonyl (C=O) groups is 1. The van der Waals surface area contributed by atoms with E-state index in [-0.39, 0.29) is 11.3 Å². The number of para-hydroxylation sites is 1. The maximum absolute atomic E-state index is 12.4. The third-order valence-electron chi connectivity index (χ3n) is 3.28. The molecule has 0 radical (unpaired) electrons. The number of hydrogen-bond acceptors (Lipinski definition) is 1. The summed E-state index contributed by atoms with van der Waals surface area (Å²) in [5.41, 5.74) is 3.45. The van der Waals surface area contributed by atoms with E-state index in [1.54, 1.807) is 0 Å². The van der Waals surface area contributed by atoms with E-state index in [0.29, 0.717) is 5.56 Å². The molecule has 1 amide bonds. The Bertz CT molecular complexity index is 607. The van der Waals surface area contributed by atoms with Gasteiger partial charge in [0.1, 0.15) is 0 Å². The van der Waals surface area contributed by atoms with Crippen molar-refractivity contribution < 1.29 is 4.79 Å². The van der Waals surface area contributed by atoms with Gasteiger partial charge in [-0.05, 0) is 36.6 Å². The number of halogens is 1. The Morgan fingerprint density at radius 3 is 2.50 bits per heavy atom. The molecule has 0 saturated heterocycles. The molecule has 0 spiro atoms. The van der Waals surface area contributed by atoms with Gasteiger partial charge in [0.2, 0.25) is 0 Å². The van der Waals surface area contributed by atoms with Crippen LogP contribution in [0.3, 0.4) is 0 Å². The van der Waals surface area contributed by atoms with Crippen LogP contribution in [0.5, 0.6) is 0 Å². The molecular weight excluding hydrogens is 270 g/mol. The van der Waals surface area contributed by atoms with Gasteiger partial charge in [-0.15, -0.1) is 11.6 Å². The molecule has 0 aliphatic heterocycles. The van der Waals surface area contributed by atoms with E-state index in [4.69, 9.17) is 11.6 Å². The zero-order valence-electron chi connectivity index (χ0n) is 11.7. The molecule has 2 aromatic rings. The van der Waals surface area contributed by atoms with Crippen LogP contribution in [0.25, 0.3) is 0 Å². The van der Waals surface area contributed by atoms with Crippen molar-refractivity contribution in [2.45, 2.75) is 25.6 Å². The van der Waals surface area contributed by atoms with Gasteiger partial charge in [-0.3, -0.25) is 4.79 Å². The molecular formula is C17H18ClNO. The highest BCUT2D eigenvalue weighted by molar-refractivity contribution is 6.21. The van der Waals surface area contributed by atoms with Gasteiger partial charge < -0.3 is 5.32 Å². The minimum atomic E-state index is -0.145. The van der Waals surface area contributed by atoms with Crippen molar-refractivity contribution in [3.8, 4) is 0 Å². The molecule has 0 fully saturated rings. The summed E-state index contributed by atoms with van der Waals surface area (Å²) in [7, 11) is 0. The fourth-order valence-corrected chi connectivity index (χ4v) is 2.39. The fourth-order valence-electron chi connectivity index (χ4n) is 2.20. The van der Waals surface area contributed by atoms with Gasteiger partial charge in [0.25, 0.3) is 5.91 Å². The van der Waals surface area contributed by atoms with E-state index in [9.17, 15) is 4.79 Å². The van der Waals surface area contributed by atoms with Gasteiger partial charge in [0, 0.05) is 11.3 Å². The Balaban J connectivity index is 2.28. The number of nitrogens with one attached hydrogen (secondary N) is 1. The largest absolute Gasteiger partial charge is 0.322 e. The molecule has 1 N–H and O–H groups in total. The first-order valence-corrected chi connectivity index (χ1v) is 7.19. The molecule has 0 bridgehead atoms. The van der Waals surface area contributed by atoms with Gasteiger partial charge in [0.15, 0.2) is 0 Å². The summed E-state index contributed by atoms with van der Waals surface area (Å²) < 4.78 is 0. The van der Waals surface area contributed by atoms with E-state index < -0.39 is 0 Å². The van der Waals surface area contributed by atoms with Crippen LogP contribution in [0.1, 0.15) is 40.7 Å². The van der Waals surface area contributed by atoms with Crippen molar-refractivity contribution in [2.75, 3.05) is 5.32 Å². The molecule has 0 heterocycles. The maximum Gasteiger partial charge on any atom is 0.255 e. The highest BCUT2D eigenvalue weighted by Gasteiger charge is 2.13. The molecule has 20 heavy (non-hydrogen) atoms. The number of alkyl halides is 1. The second-order valence-electron chi connectivity index (χ2n) is 4.67. The zero-order valence-corrected chi connectivity index (χ0v) is 12.4. The minimum Gasteiger partial charge on any atom is -0.322 e. The quantitative estimate of drug-likeness (QED) is 0.804. The first-order chi connectivity index (χ1) is 9.63. The molecule has 0 saturated carbocycles. The number of carbonyl (C=O) groups excluding carboxylic acids is 1. The second kappa shape index (κ2) is 6.58. The fraction of sp³-hybridized carbons (Fsp3) is 0.235. The summed E-state index contributed by atoms with van der Waals surface area (Å²) in [4.78, 5) is 12.4. The average molecular weight is 288 g/mol. The Morgan fingerprint density at radius 1 is 1.15 bits per heavy atom. The summed E-state index contributed by atoms with van der Waals surface area (Å²) in [6.45, 7) is 3.94. The topological polar surface area (TPSA) is 29.1 Å². The van der Waals surface area contributed by atoms with Crippen LogP contribution >= 0.6 is 11.6 Å². The second-order valence-corrected chi connectivity index (χ2v) is 5.32. The first kappa shape index (κ1) is 14.6. The number of anilines is 1. The molecule has 0 aliphatic rings. The van der Waals surface area contributed by atoms with Gasteiger partial charge >= 0.3 is 0 Å². The van der Waals surface area contributed by atoms with Crippen molar-refractivity contribution in [2.24, 2.45) is 0 Å². The SMILES string of the molecule is CCc1ccccc1C(=O)Nc1ccccc1C(C)Cl. The van der Waals surface area contributed by atoms with Gasteiger partial charge in [-0.2, -0.15) is 0 Å². The van der Waals surface area contributed by atoms with E-state index >= 15 is 0 Å². The normalized spacial score (nSPS) is 11.9. The number of hydrogen-bond donors (Lipinski definition) is 1. The number of benzene rings is 2. The van der Waals surface area contributed by atoms with Gasteiger partial charge in [-0.1, -0.05) is 43.3 Å². The predicted molar refractivity (Wildman–Crippen MR) is 84.5 cm³/mol. The Labute approximate surface area is 124 Å². The molecule has 104 valence electrons. The Hall–Kier alpha value is -1.80. The van der Waals surface area contributed by atoms with Crippen LogP contribution in [0, 0.1) is 0 Å². The lowest BCUT2D eigenvalue weighted by atomic mass is 10.0. The predicted octanol–water partition coefficient (Wildman–Crippen LogP) is 4.80. The van der Waals surface area contributed by atoms with Crippen molar-refractivity contribution in [3.63, 3.8) is 0 Å². The van der Waals surface area contributed by atoms with Crippen molar-refractivity contribution >= 4 is 23.2 Å². The number of aryl methyl sites for hydroxylation is 1. The smallest absolute Gasteiger partial charge is 0.255 e. The van der Waals surface area contributed by atoms with Crippen molar-refractivity contribution in [1.82, 2.24) is 0 Å². The molecule has 0 aliphatic carbocycles. The molecule has 1 atom stereocenters. The maximum atomic E-state index is 12.4. The lowest BCUT2D eigenvalue weighted by molar-refractivity contribution is 0.102. The molecule has 2 nitrogen and oxygen atoms in total. The lowest BCUT2D eigenvalue weighted by Crippen LogP contribution is -2.15. The molecule has 0 aromatic heterocycles.